The van der Waals surface area contributed by atoms with Crippen LogP contribution in [0, 0.1) is 6.92 Å². The fraction of sp³-hybridized carbons (Fsp3) is 0.692. The maximum atomic E-state index is 12.4. The predicted octanol–water partition coefficient (Wildman–Crippen LogP) is 1.80. The van der Waals surface area contributed by atoms with Crippen LogP contribution in [0.25, 0.3) is 0 Å². The number of carbonyl (C=O) groups excluding carboxylic acids is 1. The zero-order valence-corrected chi connectivity index (χ0v) is 10.8. The Bertz CT molecular complexity index is 417. The zero-order valence-electron chi connectivity index (χ0n) is 10.8. The summed E-state index contributed by atoms with van der Waals surface area (Å²) in [6.45, 7) is 1.94. The smallest absolute Gasteiger partial charge is 0.170 e. The maximum absolute atomic E-state index is 12.4. The number of aryl methyl sites for hydroxylation is 2. The van der Waals surface area contributed by atoms with Crippen molar-refractivity contribution >= 4 is 5.78 Å². The molecular formula is C13H20N2O2. The fourth-order valence-corrected chi connectivity index (χ4v) is 2.70. The van der Waals surface area contributed by atoms with E-state index in [4.69, 9.17) is 4.74 Å². The maximum Gasteiger partial charge on any atom is 0.170 e. The molecule has 1 aromatic rings. The molecule has 1 aromatic heterocycles. The summed E-state index contributed by atoms with van der Waals surface area (Å²) in [5, 5.41) is 4.26. The van der Waals surface area contributed by atoms with Crippen LogP contribution in [0.2, 0.25) is 0 Å². The first-order chi connectivity index (χ1) is 8.07. The fourth-order valence-electron chi connectivity index (χ4n) is 2.70. The molecule has 4 nitrogen and oxygen atoms in total. The molecule has 0 amide bonds. The molecule has 1 heterocycles. The average molecular weight is 236 g/mol. The molecule has 0 saturated heterocycles. The molecule has 1 saturated carbocycles. The first-order valence-electron chi connectivity index (χ1n) is 6.15. The van der Waals surface area contributed by atoms with Gasteiger partial charge in [0.15, 0.2) is 5.78 Å². The van der Waals surface area contributed by atoms with Crippen molar-refractivity contribution in [3.05, 3.63) is 17.5 Å². The van der Waals surface area contributed by atoms with Gasteiger partial charge in [0.1, 0.15) is 5.60 Å². The third-order valence-electron chi connectivity index (χ3n) is 3.75. The molecule has 17 heavy (non-hydrogen) atoms. The topological polar surface area (TPSA) is 44.1 Å². The summed E-state index contributed by atoms with van der Waals surface area (Å²) < 4.78 is 7.28. The van der Waals surface area contributed by atoms with Gasteiger partial charge in [-0.05, 0) is 38.7 Å². The van der Waals surface area contributed by atoms with Crippen molar-refractivity contribution in [1.29, 1.82) is 0 Å². The Kier molecular flexibility index (Phi) is 3.33. The lowest BCUT2D eigenvalue weighted by atomic mass is 9.93. The average Bonchev–Trinajstić information content (AvgIpc) is 2.87. The Morgan fingerprint density at radius 3 is 2.65 bits per heavy atom. The number of Topliss-reactive ketones (excluding diaryl/α,β-unsaturated/α-hetero) is 1. The highest BCUT2D eigenvalue weighted by molar-refractivity contribution is 5.89. The molecule has 0 spiro atoms. The van der Waals surface area contributed by atoms with Gasteiger partial charge in [-0.1, -0.05) is 0 Å². The Balaban J connectivity index is 2.13. The molecule has 1 fully saturated rings. The molecule has 0 aromatic carbocycles. The second-order valence-electron chi connectivity index (χ2n) is 4.91. The molecule has 0 N–H and O–H groups in total. The van der Waals surface area contributed by atoms with Crippen molar-refractivity contribution in [1.82, 2.24) is 9.78 Å². The van der Waals surface area contributed by atoms with E-state index in [0.29, 0.717) is 6.42 Å². The van der Waals surface area contributed by atoms with Crippen molar-refractivity contribution in [3.63, 3.8) is 0 Å². The Morgan fingerprint density at radius 2 is 2.18 bits per heavy atom. The zero-order chi connectivity index (χ0) is 12.5. The highest BCUT2D eigenvalue weighted by atomic mass is 16.5. The number of carbonyl (C=O) groups is 1. The van der Waals surface area contributed by atoms with Gasteiger partial charge >= 0.3 is 0 Å². The summed E-state index contributed by atoms with van der Waals surface area (Å²) in [5.41, 5.74) is 1.39. The molecule has 1 aliphatic carbocycles. The van der Waals surface area contributed by atoms with Gasteiger partial charge in [-0.2, -0.15) is 5.10 Å². The van der Waals surface area contributed by atoms with Crippen LogP contribution in [-0.4, -0.2) is 28.3 Å². The van der Waals surface area contributed by atoms with Crippen molar-refractivity contribution < 1.29 is 9.53 Å². The Hall–Kier alpha value is -1.16. The van der Waals surface area contributed by atoms with Crippen molar-refractivity contribution in [3.8, 4) is 0 Å². The minimum atomic E-state index is -0.530. The van der Waals surface area contributed by atoms with E-state index in [1.165, 1.54) is 0 Å². The van der Waals surface area contributed by atoms with Gasteiger partial charge in [0, 0.05) is 19.9 Å². The lowest BCUT2D eigenvalue weighted by molar-refractivity contribution is -0.139. The van der Waals surface area contributed by atoms with E-state index in [1.54, 1.807) is 11.8 Å². The predicted molar refractivity (Wildman–Crippen MR) is 64.9 cm³/mol. The molecular weight excluding hydrogens is 216 g/mol. The number of rotatable bonds is 4. The normalized spacial score (nSPS) is 18.5. The van der Waals surface area contributed by atoms with Gasteiger partial charge in [-0.25, -0.2) is 0 Å². The number of nitrogens with zero attached hydrogens (tertiary/aromatic N) is 2. The molecule has 0 atom stereocenters. The molecule has 4 heteroatoms. The third-order valence-corrected chi connectivity index (χ3v) is 3.75. The monoisotopic (exact) mass is 236 g/mol. The van der Waals surface area contributed by atoms with Crippen LogP contribution in [0.15, 0.2) is 6.07 Å². The van der Waals surface area contributed by atoms with E-state index in [-0.39, 0.29) is 5.78 Å². The minimum Gasteiger partial charge on any atom is -0.370 e. The summed E-state index contributed by atoms with van der Waals surface area (Å²) in [4.78, 5) is 12.4. The van der Waals surface area contributed by atoms with Gasteiger partial charge in [-0.15, -0.1) is 0 Å². The minimum absolute atomic E-state index is 0.195. The molecule has 0 radical (unpaired) electrons. The third kappa shape index (κ3) is 2.27. The lowest BCUT2D eigenvalue weighted by Crippen LogP contribution is -2.39. The van der Waals surface area contributed by atoms with Crippen LogP contribution < -0.4 is 0 Å². The van der Waals surface area contributed by atoms with Crippen LogP contribution in [0.1, 0.15) is 37.1 Å². The van der Waals surface area contributed by atoms with Gasteiger partial charge < -0.3 is 4.74 Å². The Labute approximate surface area is 102 Å². The summed E-state index contributed by atoms with van der Waals surface area (Å²) in [5.74, 6) is 0.195. The van der Waals surface area contributed by atoms with Crippen molar-refractivity contribution in [2.45, 2.75) is 44.6 Å². The van der Waals surface area contributed by atoms with E-state index >= 15 is 0 Å². The largest absolute Gasteiger partial charge is 0.370 e. The van der Waals surface area contributed by atoms with Gasteiger partial charge in [0.25, 0.3) is 0 Å². The standard InChI is InChI=1S/C13H20N2O2/c1-10-8-11(15(2)14-10)9-12(16)13(17-3)6-4-5-7-13/h8H,4-7,9H2,1-3H3. The highest BCUT2D eigenvalue weighted by Gasteiger charge is 2.40. The lowest BCUT2D eigenvalue weighted by Gasteiger charge is -2.25. The van der Waals surface area contributed by atoms with Crippen LogP contribution in [0.4, 0.5) is 0 Å². The summed E-state index contributed by atoms with van der Waals surface area (Å²) >= 11 is 0. The summed E-state index contributed by atoms with van der Waals surface area (Å²) in [6.07, 6.45) is 4.32. The molecule has 0 bridgehead atoms. The van der Waals surface area contributed by atoms with Crippen LogP contribution in [-0.2, 0) is 23.0 Å². The number of ketones is 1. The number of methoxy groups -OCH3 is 1. The van der Waals surface area contributed by atoms with E-state index < -0.39 is 5.60 Å². The Morgan fingerprint density at radius 1 is 1.53 bits per heavy atom. The van der Waals surface area contributed by atoms with E-state index in [0.717, 1.165) is 37.1 Å². The first-order valence-corrected chi connectivity index (χ1v) is 6.15. The van der Waals surface area contributed by atoms with Crippen LogP contribution >= 0.6 is 0 Å². The number of hydrogen-bond donors (Lipinski definition) is 0. The number of hydrogen-bond acceptors (Lipinski definition) is 3. The SMILES string of the molecule is COC1(C(=O)Cc2cc(C)nn2C)CCCC1. The summed E-state index contributed by atoms with van der Waals surface area (Å²) in [6, 6.07) is 1.97. The van der Waals surface area contributed by atoms with Gasteiger partial charge in [0.2, 0.25) is 0 Å². The molecule has 0 aliphatic heterocycles. The highest BCUT2D eigenvalue weighted by Crippen LogP contribution is 2.34. The molecule has 0 unspecified atom stereocenters. The molecule has 94 valence electrons. The van der Waals surface area contributed by atoms with E-state index in [2.05, 4.69) is 5.10 Å². The first kappa shape index (κ1) is 12.3. The quantitative estimate of drug-likeness (QED) is 0.800. The number of ether oxygens (including phenoxy) is 1. The molecule has 1 aliphatic rings. The molecule has 2 rings (SSSR count). The second kappa shape index (κ2) is 4.61. The van der Waals surface area contributed by atoms with Crippen LogP contribution in [0.3, 0.4) is 0 Å². The van der Waals surface area contributed by atoms with E-state index in [1.807, 2.05) is 20.0 Å². The van der Waals surface area contributed by atoms with E-state index in [9.17, 15) is 4.79 Å². The van der Waals surface area contributed by atoms with Gasteiger partial charge in [-0.3, -0.25) is 9.48 Å². The van der Waals surface area contributed by atoms with Gasteiger partial charge in [0.05, 0.1) is 12.1 Å². The summed E-state index contributed by atoms with van der Waals surface area (Å²) in [7, 11) is 3.53. The van der Waals surface area contributed by atoms with Crippen molar-refractivity contribution in [2.75, 3.05) is 7.11 Å². The number of aromatic nitrogens is 2. The van der Waals surface area contributed by atoms with Crippen LogP contribution in [0.5, 0.6) is 0 Å². The van der Waals surface area contributed by atoms with Crippen molar-refractivity contribution in [2.24, 2.45) is 7.05 Å². The second-order valence-corrected chi connectivity index (χ2v) is 4.91.